The van der Waals surface area contributed by atoms with Crippen LogP contribution in [0.4, 0.5) is 0 Å². The molecule has 0 aromatic heterocycles. The predicted molar refractivity (Wildman–Crippen MR) is 67.0 cm³/mol. The number of hydrogen-bond donors (Lipinski definition) is 2. The number of hydrogen-bond acceptors (Lipinski definition) is 3. The molecular formula is C13H26N2O. The summed E-state index contributed by atoms with van der Waals surface area (Å²) < 4.78 is 0. The van der Waals surface area contributed by atoms with E-state index in [1.807, 2.05) is 20.8 Å². The number of nitrogens with one attached hydrogen (secondary N) is 1. The van der Waals surface area contributed by atoms with Crippen molar-refractivity contribution in [3.8, 4) is 6.07 Å². The molecule has 0 aliphatic carbocycles. The van der Waals surface area contributed by atoms with Crippen molar-refractivity contribution in [2.75, 3.05) is 13.1 Å². The molecule has 0 radical (unpaired) electrons. The number of nitrogens with zero attached hydrogens (tertiary/aromatic N) is 1. The second kappa shape index (κ2) is 6.22. The maximum absolute atomic E-state index is 10.0. The smallest absolute Gasteiger partial charge is 0.0746 e. The third kappa shape index (κ3) is 7.67. The molecule has 0 aromatic carbocycles. The Hall–Kier alpha value is -0.590. The van der Waals surface area contributed by atoms with Crippen molar-refractivity contribution in [2.45, 2.75) is 53.1 Å². The number of nitriles is 1. The van der Waals surface area contributed by atoms with Crippen LogP contribution in [0.15, 0.2) is 0 Å². The maximum atomic E-state index is 10.0. The van der Waals surface area contributed by atoms with Gasteiger partial charge in [-0.3, -0.25) is 0 Å². The Kier molecular flexibility index (Phi) is 5.99. The molecule has 1 atom stereocenters. The summed E-state index contributed by atoms with van der Waals surface area (Å²) in [5.41, 5.74) is -0.929. The van der Waals surface area contributed by atoms with Gasteiger partial charge in [-0.15, -0.1) is 0 Å². The molecule has 0 saturated heterocycles. The van der Waals surface area contributed by atoms with Crippen LogP contribution in [0.3, 0.4) is 0 Å². The normalized spacial score (nSPS) is 15.9. The summed E-state index contributed by atoms with van der Waals surface area (Å²) >= 11 is 0. The van der Waals surface area contributed by atoms with Crippen molar-refractivity contribution < 1.29 is 5.11 Å². The highest BCUT2D eigenvalue weighted by Gasteiger charge is 2.22. The van der Waals surface area contributed by atoms with E-state index in [-0.39, 0.29) is 5.41 Å². The third-order valence-electron chi connectivity index (χ3n) is 2.58. The lowest BCUT2D eigenvalue weighted by molar-refractivity contribution is 0.0383. The Balaban J connectivity index is 3.78. The molecule has 0 heterocycles. The highest BCUT2D eigenvalue weighted by atomic mass is 16.3. The van der Waals surface area contributed by atoms with Gasteiger partial charge in [0.15, 0.2) is 0 Å². The van der Waals surface area contributed by atoms with Gasteiger partial charge in [0, 0.05) is 6.54 Å². The van der Waals surface area contributed by atoms with E-state index < -0.39 is 5.60 Å². The molecule has 0 fully saturated rings. The van der Waals surface area contributed by atoms with E-state index in [4.69, 9.17) is 5.26 Å². The van der Waals surface area contributed by atoms with Gasteiger partial charge in [0.1, 0.15) is 0 Å². The number of rotatable bonds is 7. The molecule has 0 aromatic rings. The fourth-order valence-electron chi connectivity index (χ4n) is 1.77. The Morgan fingerprint density at radius 3 is 2.31 bits per heavy atom. The van der Waals surface area contributed by atoms with E-state index in [0.29, 0.717) is 12.5 Å². The third-order valence-corrected chi connectivity index (χ3v) is 2.58. The highest BCUT2D eigenvalue weighted by Crippen LogP contribution is 2.18. The largest absolute Gasteiger partial charge is 0.389 e. The lowest BCUT2D eigenvalue weighted by Crippen LogP contribution is -2.39. The van der Waals surface area contributed by atoms with Gasteiger partial charge in [-0.25, -0.2) is 0 Å². The van der Waals surface area contributed by atoms with E-state index in [1.54, 1.807) is 0 Å². The number of aliphatic hydroxyl groups is 1. The van der Waals surface area contributed by atoms with E-state index >= 15 is 0 Å². The summed E-state index contributed by atoms with van der Waals surface area (Å²) in [5, 5.41) is 22.1. The zero-order valence-electron chi connectivity index (χ0n) is 11.3. The van der Waals surface area contributed by atoms with Gasteiger partial charge in [0.2, 0.25) is 0 Å². The molecule has 3 heteroatoms. The Morgan fingerprint density at radius 2 is 1.88 bits per heavy atom. The molecule has 0 amide bonds. The molecule has 0 spiro atoms. The van der Waals surface area contributed by atoms with Crippen LogP contribution in [-0.4, -0.2) is 23.8 Å². The topological polar surface area (TPSA) is 56.0 Å². The van der Waals surface area contributed by atoms with Crippen LogP contribution in [0.1, 0.15) is 47.5 Å². The van der Waals surface area contributed by atoms with Crippen molar-refractivity contribution in [1.82, 2.24) is 5.32 Å². The minimum Gasteiger partial charge on any atom is -0.389 e. The summed E-state index contributed by atoms with van der Waals surface area (Å²) in [6.45, 7) is 11.3. The highest BCUT2D eigenvalue weighted by molar-refractivity contribution is 4.92. The van der Waals surface area contributed by atoms with Gasteiger partial charge < -0.3 is 10.4 Å². The fraction of sp³-hybridized carbons (Fsp3) is 0.923. The van der Waals surface area contributed by atoms with Crippen LogP contribution in [0, 0.1) is 22.7 Å². The molecule has 3 nitrogen and oxygen atoms in total. The second-order valence-electron chi connectivity index (χ2n) is 6.02. The van der Waals surface area contributed by atoms with Crippen LogP contribution in [0.25, 0.3) is 0 Å². The van der Waals surface area contributed by atoms with Gasteiger partial charge in [-0.05, 0) is 46.1 Å². The fourth-order valence-corrected chi connectivity index (χ4v) is 1.77. The zero-order chi connectivity index (χ0) is 12.8. The monoisotopic (exact) mass is 226 g/mol. The minimum absolute atomic E-state index is 0.281. The maximum Gasteiger partial charge on any atom is 0.0746 e. The van der Waals surface area contributed by atoms with Crippen molar-refractivity contribution in [2.24, 2.45) is 11.3 Å². The molecular weight excluding hydrogens is 200 g/mol. The van der Waals surface area contributed by atoms with E-state index in [9.17, 15) is 5.11 Å². The first kappa shape index (κ1) is 15.4. The summed E-state index contributed by atoms with van der Waals surface area (Å²) in [7, 11) is 0. The summed E-state index contributed by atoms with van der Waals surface area (Å²) in [4.78, 5) is 0. The van der Waals surface area contributed by atoms with Crippen molar-refractivity contribution in [3.63, 3.8) is 0 Å². The standard InChI is InChI=1S/C13H26N2O/c1-11(2)8-13(5,16)10-15-7-6-12(3,4)9-14/h11,15-16H,6-8,10H2,1-5H3. The first-order chi connectivity index (χ1) is 7.18. The molecule has 16 heavy (non-hydrogen) atoms. The van der Waals surface area contributed by atoms with Gasteiger partial charge in [-0.1, -0.05) is 13.8 Å². The van der Waals surface area contributed by atoms with Gasteiger partial charge in [0.05, 0.1) is 17.1 Å². The molecule has 0 aliphatic rings. The van der Waals surface area contributed by atoms with E-state index in [0.717, 1.165) is 19.4 Å². The summed E-state index contributed by atoms with van der Waals surface area (Å²) in [5.74, 6) is 0.493. The molecule has 0 saturated carbocycles. The van der Waals surface area contributed by atoms with Crippen molar-refractivity contribution >= 4 is 0 Å². The minimum atomic E-state index is -0.648. The molecule has 1 unspecified atom stereocenters. The molecule has 0 rings (SSSR count). The van der Waals surface area contributed by atoms with Crippen LogP contribution in [-0.2, 0) is 0 Å². The zero-order valence-corrected chi connectivity index (χ0v) is 11.3. The van der Waals surface area contributed by atoms with E-state index in [2.05, 4.69) is 25.2 Å². The summed E-state index contributed by atoms with van der Waals surface area (Å²) in [6, 6.07) is 2.27. The predicted octanol–water partition coefficient (Wildman–Crippen LogP) is 2.31. The first-order valence-electron chi connectivity index (χ1n) is 6.03. The van der Waals surface area contributed by atoms with Crippen LogP contribution >= 0.6 is 0 Å². The van der Waals surface area contributed by atoms with Gasteiger partial charge in [0.25, 0.3) is 0 Å². The SMILES string of the molecule is CC(C)CC(C)(O)CNCCC(C)(C)C#N. The summed E-state index contributed by atoms with van der Waals surface area (Å²) in [6.07, 6.45) is 1.60. The Labute approximate surface area is 99.9 Å². The van der Waals surface area contributed by atoms with Crippen molar-refractivity contribution in [3.05, 3.63) is 0 Å². The Morgan fingerprint density at radius 1 is 1.31 bits per heavy atom. The van der Waals surface area contributed by atoms with Gasteiger partial charge >= 0.3 is 0 Å². The molecule has 0 bridgehead atoms. The van der Waals surface area contributed by atoms with E-state index in [1.165, 1.54) is 0 Å². The Bertz CT molecular complexity index is 239. The lowest BCUT2D eigenvalue weighted by atomic mass is 9.91. The lowest BCUT2D eigenvalue weighted by Gasteiger charge is -2.26. The van der Waals surface area contributed by atoms with Crippen molar-refractivity contribution in [1.29, 1.82) is 5.26 Å². The van der Waals surface area contributed by atoms with Crippen LogP contribution in [0.5, 0.6) is 0 Å². The first-order valence-corrected chi connectivity index (χ1v) is 6.03. The molecule has 0 aliphatic heterocycles. The average molecular weight is 226 g/mol. The second-order valence-corrected chi connectivity index (χ2v) is 6.02. The van der Waals surface area contributed by atoms with Crippen LogP contribution < -0.4 is 5.32 Å². The molecule has 2 N–H and O–H groups in total. The van der Waals surface area contributed by atoms with Gasteiger partial charge in [-0.2, -0.15) is 5.26 Å². The average Bonchev–Trinajstić information content (AvgIpc) is 2.11. The van der Waals surface area contributed by atoms with Crippen LogP contribution in [0.2, 0.25) is 0 Å². The quantitative estimate of drug-likeness (QED) is 0.655. The molecule has 94 valence electrons.